The van der Waals surface area contributed by atoms with Crippen molar-refractivity contribution in [3.8, 4) is 11.4 Å². The Hall–Kier alpha value is -2.24. The highest BCUT2D eigenvalue weighted by Crippen LogP contribution is 2.39. The Kier molecular flexibility index (Phi) is 4.88. The molecule has 2 atom stereocenters. The SMILES string of the molecule is Cc1ccc(-c2n[nH]c(CC3C(C)CC(C)CC3C)n2)cc1[N+](=O)[O-]. The number of nitro benzene ring substituents is 1. The second-order valence-corrected chi connectivity index (χ2v) is 7.76. The molecule has 2 unspecified atom stereocenters. The number of aryl methyl sites for hydroxylation is 1. The van der Waals surface area contributed by atoms with E-state index < -0.39 is 0 Å². The molecule has 25 heavy (non-hydrogen) atoms. The number of nitro groups is 1. The van der Waals surface area contributed by atoms with E-state index in [4.69, 9.17) is 0 Å². The van der Waals surface area contributed by atoms with Crippen LogP contribution in [0.25, 0.3) is 11.4 Å². The summed E-state index contributed by atoms with van der Waals surface area (Å²) in [4.78, 5) is 15.4. The average molecular weight is 342 g/mol. The van der Waals surface area contributed by atoms with Crippen LogP contribution in [0.4, 0.5) is 5.69 Å². The van der Waals surface area contributed by atoms with E-state index in [0.717, 1.165) is 18.2 Å². The summed E-state index contributed by atoms with van der Waals surface area (Å²) in [6.45, 7) is 8.73. The molecule has 1 fully saturated rings. The minimum absolute atomic E-state index is 0.104. The molecule has 0 amide bonds. The van der Waals surface area contributed by atoms with Gasteiger partial charge < -0.3 is 0 Å². The first kappa shape index (κ1) is 17.6. The summed E-state index contributed by atoms with van der Waals surface area (Å²) in [5.41, 5.74) is 1.43. The molecule has 0 aliphatic heterocycles. The predicted octanol–water partition coefficient (Wildman–Crippen LogP) is 4.55. The van der Waals surface area contributed by atoms with Gasteiger partial charge in [-0.25, -0.2) is 4.98 Å². The zero-order chi connectivity index (χ0) is 18.1. The molecule has 1 aromatic heterocycles. The van der Waals surface area contributed by atoms with E-state index >= 15 is 0 Å². The number of nitrogens with one attached hydrogen (secondary N) is 1. The maximum atomic E-state index is 11.1. The van der Waals surface area contributed by atoms with Crippen molar-refractivity contribution in [1.29, 1.82) is 0 Å². The zero-order valence-corrected chi connectivity index (χ0v) is 15.3. The molecule has 0 spiro atoms. The van der Waals surface area contributed by atoms with Crippen LogP contribution in [0.1, 0.15) is 45.0 Å². The van der Waals surface area contributed by atoms with E-state index in [0.29, 0.717) is 34.7 Å². The van der Waals surface area contributed by atoms with Crippen molar-refractivity contribution in [2.24, 2.45) is 23.7 Å². The largest absolute Gasteiger partial charge is 0.273 e. The molecule has 1 saturated carbocycles. The van der Waals surface area contributed by atoms with Crippen LogP contribution >= 0.6 is 0 Å². The van der Waals surface area contributed by atoms with Crippen molar-refractivity contribution < 1.29 is 4.92 Å². The highest BCUT2D eigenvalue weighted by Gasteiger charge is 2.32. The predicted molar refractivity (Wildman–Crippen MR) is 97.1 cm³/mol. The van der Waals surface area contributed by atoms with E-state index in [9.17, 15) is 10.1 Å². The average Bonchev–Trinajstić information content (AvgIpc) is 2.99. The van der Waals surface area contributed by atoms with Crippen LogP contribution in [0.5, 0.6) is 0 Å². The van der Waals surface area contributed by atoms with Crippen molar-refractivity contribution >= 4 is 5.69 Å². The van der Waals surface area contributed by atoms with Crippen LogP contribution in [0.3, 0.4) is 0 Å². The van der Waals surface area contributed by atoms with Gasteiger partial charge in [0.25, 0.3) is 5.69 Å². The Morgan fingerprint density at radius 1 is 1.24 bits per heavy atom. The monoisotopic (exact) mass is 342 g/mol. The standard InChI is InChI=1S/C19H26N4O2/c1-11-7-13(3)16(14(4)8-11)10-18-20-19(22-21-18)15-6-5-12(2)17(9-15)23(24)25/h5-6,9,11,13-14,16H,7-8,10H2,1-4H3,(H,20,21,22). The lowest BCUT2D eigenvalue weighted by molar-refractivity contribution is -0.385. The number of hydrogen-bond donors (Lipinski definition) is 1. The maximum absolute atomic E-state index is 11.1. The van der Waals surface area contributed by atoms with Crippen LogP contribution in [0.2, 0.25) is 0 Å². The van der Waals surface area contributed by atoms with Gasteiger partial charge in [0.1, 0.15) is 5.82 Å². The van der Waals surface area contributed by atoms with Gasteiger partial charge in [0.15, 0.2) is 5.82 Å². The van der Waals surface area contributed by atoms with Crippen LogP contribution in [-0.4, -0.2) is 20.1 Å². The number of nitrogens with zero attached hydrogens (tertiary/aromatic N) is 3. The van der Waals surface area contributed by atoms with Gasteiger partial charge in [-0.2, -0.15) is 5.10 Å². The van der Waals surface area contributed by atoms with Gasteiger partial charge in [-0.05, 0) is 43.4 Å². The second kappa shape index (κ2) is 6.94. The second-order valence-electron chi connectivity index (χ2n) is 7.76. The molecule has 0 bridgehead atoms. The summed E-state index contributed by atoms with van der Waals surface area (Å²) in [7, 11) is 0. The summed E-state index contributed by atoms with van der Waals surface area (Å²) in [6.07, 6.45) is 3.41. The molecule has 1 aliphatic carbocycles. The third-order valence-electron chi connectivity index (χ3n) is 5.63. The molecule has 1 N–H and O–H groups in total. The van der Waals surface area contributed by atoms with Crippen molar-refractivity contribution in [2.75, 3.05) is 0 Å². The number of aromatic amines is 1. The van der Waals surface area contributed by atoms with Gasteiger partial charge in [-0.15, -0.1) is 0 Å². The molecule has 134 valence electrons. The molecule has 1 aliphatic rings. The summed E-state index contributed by atoms with van der Waals surface area (Å²) in [6, 6.07) is 5.13. The molecule has 6 heteroatoms. The van der Waals surface area contributed by atoms with Crippen molar-refractivity contribution in [2.45, 2.75) is 47.0 Å². The maximum Gasteiger partial charge on any atom is 0.273 e. The molecule has 6 nitrogen and oxygen atoms in total. The Bertz CT molecular complexity index is 759. The van der Waals surface area contributed by atoms with Crippen molar-refractivity contribution in [3.63, 3.8) is 0 Å². The number of benzene rings is 1. The topological polar surface area (TPSA) is 84.7 Å². The minimum atomic E-state index is -0.362. The first-order valence-electron chi connectivity index (χ1n) is 9.01. The highest BCUT2D eigenvalue weighted by molar-refractivity contribution is 5.61. The number of aromatic nitrogens is 3. The van der Waals surface area contributed by atoms with E-state index in [2.05, 4.69) is 36.0 Å². The molecule has 0 saturated heterocycles. The van der Waals surface area contributed by atoms with E-state index in [1.807, 2.05) is 6.07 Å². The molecular formula is C19H26N4O2. The third kappa shape index (κ3) is 3.72. The molecular weight excluding hydrogens is 316 g/mol. The van der Waals surface area contributed by atoms with Gasteiger partial charge in [0, 0.05) is 23.6 Å². The van der Waals surface area contributed by atoms with Crippen LogP contribution < -0.4 is 0 Å². The van der Waals surface area contributed by atoms with E-state index in [1.165, 1.54) is 12.8 Å². The van der Waals surface area contributed by atoms with Crippen LogP contribution in [-0.2, 0) is 6.42 Å². The molecule has 2 aromatic rings. The summed E-state index contributed by atoms with van der Waals surface area (Å²) < 4.78 is 0. The smallest absolute Gasteiger partial charge is 0.263 e. The fraction of sp³-hybridized carbons (Fsp3) is 0.579. The van der Waals surface area contributed by atoms with Crippen molar-refractivity contribution in [3.05, 3.63) is 39.7 Å². The van der Waals surface area contributed by atoms with Gasteiger partial charge in [0.05, 0.1) is 4.92 Å². The highest BCUT2D eigenvalue weighted by atomic mass is 16.6. The minimum Gasteiger partial charge on any atom is -0.263 e. The van der Waals surface area contributed by atoms with Crippen molar-refractivity contribution in [1.82, 2.24) is 15.2 Å². The molecule has 3 rings (SSSR count). The molecule has 0 radical (unpaired) electrons. The summed E-state index contributed by atoms with van der Waals surface area (Å²) in [5.74, 6) is 4.14. The Balaban J connectivity index is 1.79. The first-order valence-corrected chi connectivity index (χ1v) is 9.01. The molecule has 1 heterocycles. The van der Waals surface area contributed by atoms with E-state index in [1.54, 1.807) is 19.1 Å². The number of hydrogen-bond acceptors (Lipinski definition) is 4. The normalized spacial score (nSPS) is 26.6. The lowest BCUT2D eigenvalue weighted by Crippen LogP contribution is -2.30. The lowest BCUT2D eigenvalue weighted by atomic mass is 9.68. The van der Waals surface area contributed by atoms with Crippen LogP contribution in [0, 0.1) is 40.7 Å². The first-order chi connectivity index (χ1) is 11.8. The quantitative estimate of drug-likeness (QED) is 0.652. The van der Waals surface area contributed by atoms with Gasteiger partial charge >= 0.3 is 0 Å². The Morgan fingerprint density at radius 3 is 2.56 bits per heavy atom. The van der Waals surface area contributed by atoms with Gasteiger partial charge in [0.2, 0.25) is 0 Å². The summed E-state index contributed by atoms with van der Waals surface area (Å²) in [5, 5.41) is 18.5. The Morgan fingerprint density at radius 2 is 1.92 bits per heavy atom. The fourth-order valence-electron chi connectivity index (χ4n) is 4.36. The third-order valence-corrected chi connectivity index (χ3v) is 5.63. The van der Waals surface area contributed by atoms with Crippen LogP contribution in [0.15, 0.2) is 18.2 Å². The van der Waals surface area contributed by atoms with Gasteiger partial charge in [-0.3, -0.25) is 15.2 Å². The Labute approximate surface area is 148 Å². The number of H-pyrrole nitrogens is 1. The van der Waals surface area contributed by atoms with Gasteiger partial charge in [-0.1, -0.05) is 32.9 Å². The summed E-state index contributed by atoms with van der Waals surface area (Å²) >= 11 is 0. The fourth-order valence-corrected chi connectivity index (χ4v) is 4.36. The lowest BCUT2D eigenvalue weighted by Gasteiger charge is -2.37. The van der Waals surface area contributed by atoms with E-state index in [-0.39, 0.29) is 10.6 Å². The zero-order valence-electron chi connectivity index (χ0n) is 15.3. The molecule has 1 aromatic carbocycles. The number of rotatable bonds is 4.